The highest BCUT2D eigenvalue weighted by Crippen LogP contribution is 2.37. The highest BCUT2D eigenvalue weighted by molar-refractivity contribution is 5.94. The van der Waals surface area contributed by atoms with Gasteiger partial charge in [0.1, 0.15) is 11.4 Å². The van der Waals surface area contributed by atoms with E-state index in [1.165, 1.54) is 36.4 Å². The lowest BCUT2D eigenvalue weighted by Gasteiger charge is -2.42. The van der Waals surface area contributed by atoms with Crippen molar-refractivity contribution in [3.63, 3.8) is 0 Å². The number of hydrogen-bond donors (Lipinski definition) is 2. The maximum absolute atomic E-state index is 14.6. The summed E-state index contributed by atoms with van der Waals surface area (Å²) in [5.74, 6) is -2.42. The molecule has 262 valence electrons. The minimum atomic E-state index is -1.06. The Labute approximate surface area is 292 Å². The number of anilines is 1. The van der Waals surface area contributed by atoms with Gasteiger partial charge >= 0.3 is 12.1 Å². The molecule has 0 spiro atoms. The molecule has 2 N–H and O–H groups in total. The van der Waals surface area contributed by atoms with Crippen LogP contribution in [0.15, 0.2) is 91.0 Å². The second-order valence-corrected chi connectivity index (χ2v) is 13.9. The van der Waals surface area contributed by atoms with Gasteiger partial charge < -0.3 is 25.0 Å². The minimum absolute atomic E-state index is 0.0261. The Morgan fingerprint density at radius 2 is 1.66 bits per heavy atom. The topological polar surface area (TPSA) is 116 Å². The van der Waals surface area contributed by atoms with E-state index in [1.54, 1.807) is 15.9 Å². The van der Waals surface area contributed by atoms with Crippen molar-refractivity contribution in [1.29, 1.82) is 0 Å². The first-order chi connectivity index (χ1) is 23.8. The van der Waals surface area contributed by atoms with E-state index in [1.807, 2.05) is 76.2 Å². The highest BCUT2D eigenvalue weighted by atomic mass is 19.1. The molecule has 1 saturated heterocycles. The van der Waals surface area contributed by atoms with Crippen molar-refractivity contribution in [2.75, 3.05) is 25.0 Å². The van der Waals surface area contributed by atoms with Gasteiger partial charge in [0.05, 0.1) is 11.6 Å². The number of nitrogens with zero attached hydrogens (tertiary/aromatic N) is 2. The zero-order chi connectivity index (χ0) is 36.0. The first-order valence-corrected chi connectivity index (χ1v) is 16.9. The normalized spacial score (nSPS) is 16.8. The number of carbonyl (C=O) groups excluding carboxylic acids is 3. The van der Waals surface area contributed by atoms with Crippen LogP contribution in [0.1, 0.15) is 80.4 Å². The number of ether oxygens (including phenoxy) is 1. The summed E-state index contributed by atoms with van der Waals surface area (Å²) in [6.45, 7) is 8.54. The molecule has 0 bridgehead atoms. The molecule has 0 radical (unpaired) electrons. The fourth-order valence-electron chi connectivity index (χ4n) is 6.61. The predicted molar refractivity (Wildman–Crippen MR) is 190 cm³/mol. The van der Waals surface area contributed by atoms with Crippen LogP contribution in [0.2, 0.25) is 0 Å². The predicted octanol–water partition coefficient (Wildman–Crippen LogP) is 8.03. The molecule has 0 saturated carbocycles. The lowest BCUT2D eigenvalue weighted by molar-refractivity contribution is -0.134. The van der Waals surface area contributed by atoms with Crippen LogP contribution in [0.25, 0.3) is 10.8 Å². The molecule has 0 aromatic heterocycles. The number of rotatable bonds is 10. The van der Waals surface area contributed by atoms with Crippen molar-refractivity contribution >= 4 is 40.3 Å². The number of hydrogen-bond acceptors (Lipinski definition) is 5. The van der Waals surface area contributed by atoms with Gasteiger partial charge in [0.25, 0.3) is 0 Å². The van der Waals surface area contributed by atoms with Gasteiger partial charge in [-0.15, -0.1) is 0 Å². The molecule has 1 aliphatic heterocycles. The maximum Gasteiger partial charge on any atom is 0.410 e. The SMILES string of the molecule is C[C@H](c1cccc2ccccc12)N(CC1CCN(C(=O)CCC(=O)Nc2ccc(C(=O)O)cc2)CC1c1cccc(F)c1)C(=O)OC(C)(C)C. The maximum atomic E-state index is 14.6. The van der Waals surface area contributed by atoms with Crippen molar-refractivity contribution in [2.45, 2.75) is 64.5 Å². The molecule has 3 amide bonds. The lowest BCUT2D eigenvalue weighted by atomic mass is 9.79. The number of halogens is 1. The first-order valence-electron chi connectivity index (χ1n) is 16.9. The van der Waals surface area contributed by atoms with E-state index >= 15 is 0 Å². The van der Waals surface area contributed by atoms with Crippen LogP contribution < -0.4 is 5.32 Å². The number of piperidine rings is 1. The molecule has 5 rings (SSSR count). The quantitative estimate of drug-likeness (QED) is 0.175. The molecule has 2 unspecified atom stereocenters. The summed E-state index contributed by atoms with van der Waals surface area (Å²) >= 11 is 0. The molecule has 1 aliphatic rings. The average molecular weight is 682 g/mol. The Bertz CT molecular complexity index is 1850. The Hall–Kier alpha value is -5.25. The monoisotopic (exact) mass is 681 g/mol. The van der Waals surface area contributed by atoms with Gasteiger partial charge in [-0.05, 0) is 98.3 Å². The fourth-order valence-corrected chi connectivity index (χ4v) is 6.61. The molecular weight excluding hydrogens is 637 g/mol. The number of likely N-dealkylation sites (tertiary alicyclic amines) is 1. The summed E-state index contributed by atoms with van der Waals surface area (Å²) < 4.78 is 20.5. The van der Waals surface area contributed by atoms with E-state index < -0.39 is 17.7 Å². The van der Waals surface area contributed by atoms with Gasteiger partial charge in [-0.1, -0.05) is 54.6 Å². The fraction of sp³-hybridized carbons (Fsp3) is 0.350. The van der Waals surface area contributed by atoms with Crippen LogP contribution in [0.5, 0.6) is 0 Å². The third kappa shape index (κ3) is 9.05. The molecule has 9 nitrogen and oxygen atoms in total. The van der Waals surface area contributed by atoms with Gasteiger partial charge in [0.2, 0.25) is 11.8 Å². The number of benzene rings is 4. The Kier molecular flexibility index (Phi) is 11.2. The number of carboxylic acids is 1. The second-order valence-electron chi connectivity index (χ2n) is 13.9. The summed E-state index contributed by atoms with van der Waals surface area (Å²) in [6, 6.07) is 25.9. The second kappa shape index (κ2) is 15.5. The standard InChI is InChI=1S/C40H44FN3O6/c1-26(33-14-8-10-27-9-5-6-13-34(27)33)44(39(49)50-40(2,3)4)24-30-21-22-43(25-35(30)29-11-7-12-31(41)23-29)37(46)20-19-36(45)42-32-17-15-28(16-18-32)38(47)48/h5-18,23,26,30,35H,19-22,24-25H2,1-4H3,(H,42,45)(H,47,48)/t26-,30?,35?/m1/s1. The van der Waals surface area contributed by atoms with Crippen molar-refractivity contribution in [3.05, 3.63) is 114 Å². The third-order valence-electron chi connectivity index (χ3n) is 9.17. The molecule has 10 heteroatoms. The third-order valence-corrected chi connectivity index (χ3v) is 9.17. The Morgan fingerprint density at radius 1 is 0.960 bits per heavy atom. The number of carbonyl (C=O) groups is 4. The van der Waals surface area contributed by atoms with Crippen molar-refractivity contribution < 1.29 is 33.4 Å². The largest absolute Gasteiger partial charge is 0.478 e. The van der Waals surface area contributed by atoms with Crippen molar-refractivity contribution in [3.8, 4) is 0 Å². The summed E-state index contributed by atoms with van der Waals surface area (Å²) in [5.41, 5.74) is 1.54. The first kappa shape index (κ1) is 36.0. The van der Waals surface area contributed by atoms with E-state index in [0.717, 1.165) is 21.9 Å². The highest BCUT2D eigenvalue weighted by Gasteiger charge is 2.37. The summed E-state index contributed by atoms with van der Waals surface area (Å²) in [7, 11) is 0. The van der Waals surface area contributed by atoms with Crippen LogP contribution in [0.4, 0.5) is 14.9 Å². The number of carboxylic acid groups (broad SMARTS) is 1. The molecule has 1 heterocycles. The van der Waals surface area contributed by atoms with Crippen molar-refractivity contribution in [1.82, 2.24) is 9.80 Å². The van der Waals surface area contributed by atoms with Crippen LogP contribution in [-0.2, 0) is 14.3 Å². The number of aromatic carboxylic acids is 1. The summed E-state index contributed by atoms with van der Waals surface area (Å²) in [4.78, 5) is 54.6. The average Bonchev–Trinajstić information content (AvgIpc) is 3.08. The molecule has 50 heavy (non-hydrogen) atoms. The van der Waals surface area contributed by atoms with E-state index in [9.17, 15) is 23.6 Å². The van der Waals surface area contributed by atoms with Crippen LogP contribution in [0, 0.1) is 11.7 Å². The van der Waals surface area contributed by atoms with Crippen LogP contribution in [0.3, 0.4) is 0 Å². The Balaban J connectivity index is 1.34. The summed E-state index contributed by atoms with van der Waals surface area (Å²) in [6.07, 6.45) is 0.0234. The number of nitrogens with one attached hydrogen (secondary N) is 1. The summed E-state index contributed by atoms with van der Waals surface area (Å²) in [5, 5.41) is 13.9. The molecule has 1 fully saturated rings. The molecule has 0 aliphatic carbocycles. The van der Waals surface area contributed by atoms with Crippen molar-refractivity contribution in [2.24, 2.45) is 5.92 Å². The Morgan fingerprint density at radius 3 is 2.36 bits per heavy atom. The van der Waals surface area contributed by atoms with Crippen LogP contribution >= 0.6 is 0 Å². The number of amides is 3. The lowest BCUT2D eigenvalue weighted by Crippen LogP contribution is -2.48. The van der Waals surface area contributed by atoms with E-state index in [2.05, 4.69) is 5.32 Å². The van der Waals surface area contributed by atoms with E-state index in [-0.39, 0.29) is 53.9 Å². The van der Waals surface area contributed by atoms with Gasteiger partial charge in [-0.25, -0.2) is 14.0 Å². The van der Waals surface area contributed by atoms with E-state index in [0.29, 0.717) is 31.7 Å². The number of fused-ring (bicyclic) bond motifs is 1. The van der Waals surface area contributed by atoms with Gasteiger partial charge in [-0.2, -0.15) is 0 Å². The molecule has 4 aromatic rings. The molecule has 3 atom stereocenters. The van der Waals surface area contributed by atoms with E-state index in [4.69, 9.17) is 9.84 Å². The van der Waals surface area contributed by atoms with Gasteiger partial charge in [-0.3, -0.25) is 9.59 Å². The zero-order valence-electron chi connectivity index (χ0n) is 28.9. The van der Waals surface area contributed by atoms with Gasteiger partial charge in [0.15, 0.2) is 0 Å². The van der Waals surface area contributed by atoms with Gasteiger partial charge in [0, 0.05) is 44.1 Å². The molecular formula is C40H44FN3O6. The smallest absolute Gasteiger partial charge is 0.410 e. The van der Waals surface area contributed by atoms with Crippen LogP contribution in [-0.4, -0.2) is 64.0 Å². The minimum Gasteiger partial charge on any atom is -0.478 e. The molecule has 4 aromatic carbocycles. The zero-order valence-corrected chi connectivity index (χ0v) is 28.9.